The highest BCUT2D eigenvalue weighted by atomic mass is 16.3. The molecule has 0 heterocycles. The van der Waals surface area contributed by atoms with E-state index < -0.39 is 0 Å². The number of hydrogen-bond donors (Lipinski definition) is 1. The molecule has 0 saturated carbocycles. The van der Waals surface area contributed by atoms with Gasteiger partial charge in [-0.2, -0.15) is 0 Å². The molecule has 0 aliphatic rings. The molecule has 56 valence electrons. The standard InChI is InChI=1S/C8H8N2O/c1-5-3-7(11)4-6(2)8(5)10-9/h3-4H,1-2H3/p+1. The van der Waals surface area contributed by atoms with Crippen molar-refractivity contribution in [3.05, 3.63) is 28.2 Å². The van der Waals surface area contributed by atoms with Crippen molar-refractivity contribution in [3.8, 4) is 5.75 Å². The smallest absolute Gasteiger partial charge is 0.391 e. The van der Waals surface area contributed by atoms with E-state index in [-0.39, 0.29) is 5.75 Å². The fraction of sp³-hybridized carbons (Fsp3) is 0.250. The summed E-state index contributed by atoms with van der Waals surface area (Å²) in [5.41, 5.74) is 2.07. The van der Waals surface area contributed by atoms with Gasteiger partial charge in [0, 0.05) is 11.1 Å². The van der Waals surface area contributed by atoms with Gasteiger partial charge in [0.05, 0.1) is 0 Å². The second-order valence-corrected chi connectivity index (χ2v) is 2.53. The van der Waals surface area contributed by atoms with Crippen LogP contribution in [-0.4, -0.2) is 5.11 Å². The number of hydrogen-bond acceptors (Lipinski definition) is 2. The van der Waals surface area contributed by atoms with E-state index in [4.69, 9.17) is 10.5 Å². The van der Waals surface area contributed by atoms with Gasteiger partial charge < -0.3 is 5.11 Å². The predicted molar refractivity (Wildman–Crippen MR) is 42.3 cm³/mol. The van der Waals surface area contributed by atoms with Gasteiger partial charge in [-0.3, -0.25) is 0 Å². The Bertz CT molecular complexity index is 302. The van der Waals surface area contributed by atoms with Gasteiger partial charge in [0.1, 0.15) is 5.75 Å². The molecule has 0 radical (unpaired) electrons. The minimum absolute atomic E-state index is 0.201. The zero-order chi connectivity index (χ0) is 8.43. The molecule has 0 unspecified atom stereocenters. The number of phenols is 1. The first-order valence-electron chi connectivity index (χ1n) is 3.30. The van der Waals surface area contributed by atoms with Crippen LogP contribution in [-0.2, 0) is 0 Å². The maximum Gasteiger partial charge on any atom is 0.391 e. The largest absolute Gasteiger partial charge is 0.508 e. The molecule has 11 heavy (non-hydrogen) atoms. The molecular formula is C8H9N2O+. The maximum atomic E-state index is 9.09. The molecule has 0 spiro atoms. The summed E-state index contributed by atoms with van der Waals surface area (Å²) in [6, 6.07) is 3.12. The highest BCUT2D eigenvalue weighted by molar-refractivity contribution is 5.59. The van der Waals surface area contributed by atoms with E-state index in [1.165, 1.54) is 0 Å². The van der Waals surface area contributed by atoms with E-state index >= 15 is 0 Å². The second kappa shape index (κ2) is 2.59. The van der Waals surface area contributed by atoms with Crippen LogP contribution in [0.15, 0.2) is 12.1 Å². The quantitative estimate of drug-likeness (QED) is 0.576. The fourth-order valence-electron chi connectivity index (χ4n) is 1.09. The summed E-state index contributed by atoms with van der Waals surface area (Å²) in [7, 11) is 0. The summed E-state index contributed by atoms with van der Waals surface area (Å²) >= 11 is 0. The Morgan fingerprint density at radius 1 is 1.27 bits per heavy atom. The number of aryl methyl sites for hydroxylation is 2. The van der Waals surface area contributed by atoms with E-state index in [0.29, 0.717) is 5.69 Å². The molecule has 3 heteroatoms. The van der Waals surface area contributed by atoms with Crippen molar-refractivity contribution in [2.45, 2.75) is 13.8 Å². The van der Waals surface area contributed by atoms with Crippen LogP contribution in [0.4, 0.5) is 5.69 Å². The first-order valence-corrected chi connectivity index (χ1v) is 3.30. The fourth-order valence-corrected chi connectivity index (χ4v) is 1.09. The number of nitrogens with zero attached hydrogens (tertiary/aromatic N) is 2. The van der Waals surface area contributed by atoms with Gasteiger partial charge in [-0.05, 0) is 26.0 Å². The molecule has 3 nitrogen and oxygen atoms in total. The molecule has 0 aliphatic carbocycles. The number of diazo groups is 1. The molecule has 1 rings (SSSR count). The van der Waals surface area contributed by atoms with E-state index in [1.807, 2.05) is 0 Å². The molecule has 0 amide bonds. The summed E-state index contributed by atoms with van der Waals surface area (Å²) in [6.07, 6.45) is 0. The molecular weight excluding hydrogens is 140 g/mol. The van der Waals surface area contributed by atoms with Gasteiger partial charge in [-0.1, -0.05) is 0 Å². The summed E-state index contributed by atoms with van der Waals surface area (Å²) in [5.74, 6) is 0.201. The van der Waals surface area contributed by atoms with Crippen LogP contribution >= 0.6 is 0 Å². The Morgan fingerprint density at radius 3 is 2.09 bits per heavy atom. The Balaban J connectivity index is 3.40. The molecule has 0 aromatic heterocycles. The molecule has 0 saturated heterocycles. The van der Waals surface area contributed by atoms with Crippen LogP contribution < -0.4 is 0 Å². The highest BCUT2D eigenvalue weighted by Gasteiger charge is 2.14. The average molecular weight is 149 g/mol. The van der Waals surface area contributed by atoms with Crippen molar-refractivity contribution in [3.63, 3.8) is 0 Å². The highest BCUT2D eigenvalue weighted by Crippen LogP contribution is 2.27. The van der Waals surface area contributed by atoms with Gasteiger partial charge in [-0.25, -0.2) is 0 Å². The molecule has 0 atom stereocenters. The lowest BCUT2D eigenvalue weighted by atomic mass is 10.1. The predicted octanol–water partition coefficient (Wildman–Crippen LogP) is 2.49. The Kier molecular flexibility index (Phi) is 1.77. The summed E-state index contributed by atoms with van der Waals surface area (Å²) in [6.45, 7) is 3.56. The number of aromatic hydroxyl groups is 1. The van der Waals surface area contributed by atoms with Crippen molar-refractivity contribution < 1.29 is 5.11 Å². The molecule has 0 bridgehead atoms. The van der Waals surface area contributed by atoms with Crippen LogP contribution in [0.3, 0.4) is 0 Å². The minimum Gasteiger partial charge on any atom is -0.508 e. The SMILES string of the molecule is Cc1cc(O)cc(C)c1[N+]#N. The number of phenolic OH excluding ortho intramolecular Hbond substituents is 1. The van der Waals surface area contributed by atoms with Gasteiger partial charge in [-0.15, -0.1) is 0 Å². The number of benzene rings is 1. The third-order valence-corrected chi connectivity index (χ3v) is 1.58. The van der Waals surface area contributed by atoms with Gasteiger partial charge >= 0.3 is 5.69 Å². The zero-order valence-corrected chi connectivity index (χ0v) is 6.50. The third kappa shape index (κ3) is 1.30. The van der Waals surface area contributed by atoms with Crippen LogP contribution in [0, 0.1) is 19.2 Å². The minimum atomic E-state index is 0.201. The molecule has 0 fully saturated rings. The van der Waals surface area contributed by atoms with E-state index in [0.717, 1.165) is 11.1 Å². The lowest BCUT2D eigenvalue weighted by Crippen LogP contribution is -1.77. The average Bonchev–Trinajstić information content (AvgIpc) is 1.85. The lowest BCUT2D eigenvalue weighted by molar-refractivity contribution is 0.474. The van der Waals surface area contributed by atoms with Crippen LogP contribution in [0.5, 0.6) is 5.75 Å². The van der Waals surface area contributed by atoms with Gasteiger partial charge in [0.15, 0.2) is 4.98 Å². The summed E-state index contributed by atoms with van der Waals surface area (Å²) < 4.78 is 0. The van der Waals surface area contributed by atoms with Crippen molar-refractivity contribution >= 4 is 5.69 Å². The topological polar surface area (TPSA) is 48.4 Å². The van der Waals surface area contributed by atoms with E-state index in [9.17, 15) is 0 Å². The molecule has 1 aromatic carbocycles. The zero-order valence-electron chi connectivity index (χ0n) is 6.50. The molecule has 1 N–H and O–H groups in total. The molecule has 0 aliphatic heterocycles. The van der Waals surface area contributed by atoms with Crippen molar-refractivity contribution in [2.75, 3.05) is 0 Å². The van der Waals surface area contributed by atoms with Gasteiger partial charge in [0.25, 0.3) is 0 Å². The van der Waals surface area contributed by atoms with Crippen molar-refractivity contribution in [1.29, 1.82) is 5.39 Å². The second-order valence-electron chi connectivity index (χ2n) is 2.53. The lowest BCUT2D eigenvalue weighted by Gasteiger charge is -1.93. The molecule has 1 aromatic rings. The summed E-state index contributed by atoms with van der Waals surface area (Å²) in [5, 5.41) is 17.6. The van der Waals surface area contributed by atoms with Crippen LogP contribution in [0.1, 0.15) is 11.1 Å². The first-order chi connectivity index (χ1) is 5.15. The van der Waals surface area contributed by atoms with Crippen LogP contribution in [0.25, 0.3) is 4.98 Å². The van der Waals surface area contributed by atoms with Crippen molar-refractivity contribution in [1.82, 2.24) is 0 Å². The Hall–Kier alpha value is -1.56. The first kappa shape index (κ1) is 7.55. The van der Waals surface area contributed by atoms with E-state index in [1.54, 1.807) is 26.0 Å². The maximum absolute atomic E-state index is 9.09. The van der Waals surface area contributed by atoms with Gasteiger partial charge in [0.2, 0.25) is 5.39 Å². The Labute approximate surface area is 64.9 Å². The monoisotopic (exact) mass is 149 g/mol. The summed E-state index contributed by atoms with van der Waals surface area (Å²) in [4.78, 5) is 3.10. The van der Waals surface area contributed by atoms with Crippen molar-refractivity contribution in [2.24, 2.45) is 0 Å². The van der Waals surface area contributed by atoms with E-state index in [2.05, 4.69) is 4.98 Å². The number of rotatable bonds is 0. The third-order valence-electron chi connectivity index (χ3n) is 1.58. The normalized spacial score (nSPS) is 9.18. The Morgan fingerprint density at radius 2 is 1.73 bits per heavy atom. The van der Waals surface area contributed by atoms with Crippen LogP contribution in [0.2, 0.25) is 0 Å².